The molecule has 0 aliphatic heterocycles. The minimum Gasteiger partial charge on any atom is -0.508 e. The van der Waals surface area contributed by atoms with Gasteiger partial charge in [0.2, 0.25) is 5.91 Å². The molecule has 3 aromatic rings. The van der Waals surface area contributed by atoms with Crippen LogP contribution in [0.4, 0.5) is 10.5 Å². The first-order chi connectivity index (χ1) is 19.5. The van der Waals surface area contributed by atoms with Gasteiger partial charge in [0.15, 0.2) is 0 Å². The summed E-state index contributed by atoms with van der Waals surface area (Å²) in [7, 11) is 1.56. The van der Waals surface area contributed by atoms with Crippen molar-refractivity contribution in [2.24, 2.45) is 0 Å². The standard InChI is InChI=1S/C32H37N3O6/c1-32(2,3)41-31(39)34-27(20-21-8-6-5-7-9-21)30(38)35(24-14-15-24)28(22-10-16-25(36)17-11-22)29(37)33-23-12-18-26(40-4)19-13-23/h5-13,16-19,24,27-28,36H,14-15,20H2,1-4H3,(H,33,37)(H,34,39). The number of methoxy groups -OCH3 is 1. The first-order valence-corrected chi connectivity index (χ1v) is 13.6. The Labute approximate surface area is 240 Å². The summed E-state index contributed by atoms with van der Waals surface area (Å²) < 4.78 is 10.7. The van der Waals surface area contributed by atoms with Gasteiger partial charge in [-0.15, -0.1) is 0 Å². The Bertz CT molecular complexity index is 1330. The molecule has 1 aliphatic rings. The van der Waals surface area contributed by atoms with Crippen LogP contribution in [0.5, 0.6) is 11.5 Å². The monoisotopic (exact) mass is 559 g/mol. The second kappa shape index (κ2) is 12.8. The van der Waals surface area contributed by atoms with E-state index in [-0.39, 0.29) is 18.2 Å². The van der Waals surface area contributed by atoms with Crippen LogP contribution in [0, 0.1) is 0 Å². The normalized spacial score (nSPS) is 14.3. The maximum absolute atomic E-state index is 14.4. The number of alkyl carbamates (subject to hydrolysis) is 1. The van der Waals surface area contributed by atoms with Gasteiger partial charge >= 0.3 is 6.09 Å². The van der Waals surface area contributed by atoms with Crippen molar-refractivity contribution in [2.75, 3.05) is 12.4 Å². The maximum Gasteiger partial charge on any atom is 0.408 e. The zero-order valence-corrected chi connectivity index (χ0v) is 23.8. The van der Waals surface area contributed by atoms with Gasteiger partial charge in [-0.05, 0) is 81.1 Å². The molecular formula is C32H37N3O6. The highest BCUT2D eigenvalue weighted by atomic mass is 16.6. The van der Waals surface area contributed by atoms with Gasteiger partial charge in [-0.1, -0.05) is 42.5 Å². The average molecular weight is 560 g/mol. The molecular weight excluding hydrogens is 522 g/mol. The molecule has 0 saturated heterocycles. The Morgan fingerprint density at radius 3 is 2.15 bits per heavy atom. The first-order valence-electron chi connectivity index (χ1n) is 13.6. The van der Waals surface area contributed by atoms with Gasteiger partial charge in [-0.3, -0.25) is 9.59 Å². The molecule has 1 fully saturated rings. The van der Waals surface area contributed by atoms with Crippen LogP contribution in [0.2, 0.25) is 0 Å². The van der Waals surface area contributed by atoms with Crippen molar-refractivity contribution in [3.05, 3.63) is 90.0 Å². The highest BCUT2D eigenvalue weighted by molar-refractivity contribution is 5.99. The molecule has 3 amide bonds. The predicted molar refractivity (Wildman–Crippen MR) is 156 cm³/mol. The molecule has 41 heavy (non-hydrogen) atoms. The Morgan fingerprint density at radius 2 is 1.59 bits per heavy atom. The van der Waals surface area contributed by atoms with Crippen LogP contribution in [0.15, 0.2) is 78.9 Å². The van der Waals surface area contributed by atoms with Gasteiger partial charge in [-0.2, -0.15) is 0 Å². The lowest BCUT2D eigenvalue weighted by Crippen LogP contribution is -2.54. The second-order valence-corrected chi connectivity index (χ2v) is 11.1. The third kappa shape index (κ3) is 8.23. The minimum atomic E-state index is -1.02. The second-order valence-electron chi connectivity index (χ2n) is 11.1. The Hall–Kier alpha value is -4.53. The zero-order valence-electron chi connectivity index (χ0n) is 23.8. The molecule has 1 saturated carbocycles. The topological polar surface area (TPSA) is 117 Å². The fraction of sp³-hybridized carbons (Fsp3) is 0.344. The van der Waals surface area contributed by atoms with Gasteiger partial charge in [-0.25, -0.2) is 4.79 Å². The van der Waals surface area contributed by atoms with E-state index in [1.807, 2.05) is 30.3 Å². The van der Waals surface area contributed by atoms with Crippen molar-refractivity contribution in [1.82, 2.24) is 10.2 Å². The lowest BCUT2D eigenvalue weighted by atomic mass is 10.00. The lowest BCUT2D eigenvalue weighted by Gasteiger charge is -2.34. The summed E-state index contributed by atoms with van der Waals surface area (Å²) in [5, 5.41) is 15.6. The number of hydrogen-bond donors (Lipinski definition) is 3. The molecule has 0 radical (unpaired) electrons. The van der Waals surface area contributed by atoms with E-state index < -0.39 is 35.6 Å². The number of nitrogens with one attached hydrogen (secondary N) is 2. The molecule has 1 aliphatic carbocycles. The summed E-state index contributed by atoms with van der Waals surface area (Å²) >= 11 is 0. The highest BCUT2D eigenvalue weighted by Gasteiger charge is 2.44. The molecule has 0 aromatic heterocycles. The summed E-state index contributed by atoms with van der Waals surface area (Å²) in [6.45, 7) is 5.25. The van der Waals surface area contributed by atoms with Crippen molar-refractivity contribution in [3.8, 4) is 11.5 Å². The molecule has 4 rings (SSSR count). The maximum atomic E-state index is 14.4. The molecule has 3 N–H and O–H groups in total. The van der Waals surface area contributed by atoms with E-state index in [0.717, 1.165) is 18.4 Å². The van der Waals surface area contributed by atoms with Crippen LogP contribution in [0.3, 0.4) is 0 Å². The van der Waals surface area contributed by atoms with E-state index >= 15 is 0 Å². The van der Waals surface area contributed by atoms with Crippen molar-refractivity contribution >= 4 is 23.6 Å². The number of ether oxygens (including phenoxy) is 2. The molecule has 216 valence electrons. The summed E-state index contributed by atoms with van der Waals surface area (Å²) in [6, 6.07) is 20.3. The van der Waals surface area contributed by atoms with Crippen LogP contribution in [0.1, 0.15) is 50.8 Å². The number of hydrogen-bond acceptors (Lipinski definition) is 6. The summed E-state index contributed by atoms with van der Waals surface area (Å²) in [4.78, 5) is 42.7. The molecule has 0 heterocycles. The fourth-order valence-corrected chi connectivity index (χ4v) is 4.53. The smallest absolute Gasteiger partial charge is 0.408 e. The average Bonchev–Trinajstić information content (AvgIpc) is 3.77. The zero-order chi connectivity index (χ0) is 29.6. The van der Waals surface area contributed by atoms with Crippen molar-refractivity contribution in [2.45, 2.75) is 63.8 Å². The summed E-state index contributed by atoms with van der Waals surface area (Å²) in [5.74, 6) is -0.132. The Balaban J connectivity index is 1.69. The summed E-state index contributed by atoms with van der Waals surface area (Å²) in [5.41, 5.74) is 1.16. The third-order valence-electron chi connectivity index (χ3n) is 6.56. The number of rotatable bonds is 10. The van der Waals surface area contributed by atoms with Gasteiger partial charge in [0.1, 0.15) is 29.2 Å². The van der Waals surface area contributed by atoms with Gasteiger partial charge in [0.05, 0.1) is 7.11 Å². The molecule has 2 atom stereocenters. The van der Waals surface area contributed by atoms with Crippen LogP contribution in [0.25, 0.3) is 0 Å². The molecule has 9 heteroatoms. The van der Waals surface area contributed by atoms with Crippen LogP contribution < -0.4 is 15.4 Å². The van der Waals surface area contributed by atoms with Crippen molar-refractivity contribution in [1.29, 1.82) is 0 Å². The van der Waals surface area contributed by atoms with Crippen molar-refractivity contribution in [3.63, 3.8) is 0 Å². The first kappa shape index (κ1) is 29.5. The van der Waals surface area contributed by atoms with Crippen molar-refractivity contribution < 1.29 is 29.0 Å². The largest absolute Gasteiger partial charge is 0.508 e. The number of carbonyl (C=O) groups excluding carboxylic acids is 3. The quantitative estimate of drug-likeness (QED) is 0.314. The number of anilines is 1. The van der Waals surface area contributed by atoms with E-state index in [4.69, 9.17) is 9.47 Å². The SMILES string of the molecule is COc1ccc(NC(=O)C(c2ccc(O)cc2)N(C(=O)C(Cc2ccccc2)NC(=O)OC(C)(C)C)C2CC2)cc1. The molecule has 3 aromatic carbocycles. The van der Waals surface area contributed by atoms with Gasteiger partial charge in [0, 0.05) is 18.2 Å². The number of aromatic hydroxyl groups is 1. The number of carbonyl (C=O) groups is 3. The molecule has 9 nitrogen and oxygen atoms in total. The fourth-order valence-electron chi connectivity index (χ4n) is 4.53. The van der Waals surface area contributed by atoms with Gasteiger partial charge < -0.3 is 30.1 Å². The third-order valence-corrected chi connectivity index (χ3v) is 6.56. The van der Waals surface area contributed by atoms with E-state index in [2.05, 4.69) is 10.6 Å². The predicted octanol–water partition coefficient (Wildman–Crippen LogP) is 5.21. The van der Waals surface area contributed by atoms with Crippen LogP contribution in [-0.2, 0) is 20.7 Å². The number of amides is 3. The number of nitrogens with zero attached hydrogens (tertiary/aromatic N) is 1. The van der Waals surface area contributed by atoms with E-state index in [9.17, 15) is 19.5 Å². The highest BCUT2D eigenvalue weighted by Crippen LogP contribution is 2.37. The van der Waals surface area contributed by atoms with E-state index in [1.54, 1.807) is 69.2 Å². The van der Waals surface area contributed by atoms with E-state index in [1.165, 1.54) is 12.1 Å². The van der Waals surface area contributed by atoms with Crippen LogP contribution >= 0.6 is 0 Å². The summed E-state index contributed by atoms with van der Waals surface area (Å²) in [6.07, 6.45) is 0.942. The van der Waals surface area contributed by atoms with Gasteiger partial charge in [0.25, 0.3) is 5.91 Å². The molecule has 2 unspecified atom stereocenters. The lowest BCUT2D eigenvalue weighted by molar-refractivity contribution is -0.141. The molecule has 0 spiro atoms. The Morgan fingerprint density at radius 1 is 0.951 bits per heavy atom. The number of benzene rings is 3. The Kier molecular flexibility index (Phi) is 9.17. The minimum absolute atomic E-state index is 0.0425. The van der Waals surface area contributed by atoms with Crippen LogP contribution in [-0.4, -0.2) is 52.7 Å². The molecule has 0 bridgehead atoms. The number of phenols is 1. The van der Waals surface area contributed by atoms with E-state index in [0.29, 0.717) is 17.0 Å². The number of phenolic OH excluding ortho intramolecular Hbond substituents is 1.